The van der Waals surface area contributed by atoms with E-state index in [1.165, 1.54) is 0 Å². The average Bonchev–Trinajstić information content (AvgIpc) is 3.13. The maximum atomic E-state index is 6.17. The molecule has 0 radical (unpaired) electrons. The summed E-state index contributed by atoms with van der Waals surface area (Å²) in [4.78, 5) is 5.36. The minimum absolute atomic E-state index is 0. The maximum absolute atomic E-state index is 6.17. The van der Waals surface area contributed by atoms with Crippen molar-refractivity contribution in [2.75, 3.05) is 0 Å². The normalized spacial score (nSPS) is 16.2. The van der Waals surface area contributed by atoms with Gasteiger partial charge in [0.2, 0.25) is 0 Å². The van der Waals surface area contributed by atoms with Crippen LogP contribution in [0.15, 0.2) is 32.6 Å². The second-order valence-corrected chi connectivity index (χ2v) is 5.93. The monoisotopic (exact) mass is 324 g/mol. The van der Waals surface area contributed by atoms with Gasteiger partial charge in [-0.1, -0.05) is 16.4 Å². The summed E-state index contributed by atoms with van der Waals surface area (Å²) >= 11 is 1.59. The summed E-state index contributed by atoms with van der Waals surface area (Å²) in [6.45, 7) is 0. The van der Waals surface area contributed by atoms with Gasteiger partial charge in [0.05, 0.1) is 10.4 Å². The number of nitrogens with two attached hydrogens (primary N) is 1. The minimum Gasteiger partial charge on any atom is -0.355 e. The summed E-state index contributed by atoms with van der Waals surface area (Å²) in [5.41, 5.74) is 6.28. The standard InChI is InChI=1S/C13H12N4O2S.ClH/c14-13(4-2-5-13)12-15-11(19-17-12)8-7-9(18-16-8)10-3-1-6-20-10;/h1,3,6-7H,2,4-5,14H2;1H. The van der Waals surface area contributed by atoms with Crippen LogP contribution < -0.4 is 5.73 Å². The van der Waals surface area contributed by atoms with Crippen LogP contribution in [0.5, 0.6) is 0 Å². The number of nitrogens with zero attached hydrogens (tertiary/aromatic N) is 3. The van der Waals surface area contributed by atoms with Gasteiger partial charge in [-0.15, -0.1) is 23.7 Å². The summed E-state index contributed by atoms with van der Waals surface area (Å²) in [6.07, 6.45) is 2.89. The van der Waals surface area contributed by atoms with Gasteiger partial charge in [0.1, 0.15) is 0 Å². The van der Waals surface area contributed by atoms with Crippen LogP contribution >= 0.6 is 23.7 Å². The van der Waals surface area contributed by atoms with Crippen LogP contribution in [0.25, 0.3) is 22.2 Å². The van der Waals surface area contributed by atoms with Gasteiger partial charge in [-0.2, -0.15) is 4.98 Å². The van der Waals surface area contributed by atoms with Crippen molar-refractivity contribution in [1.29, 1.82) is 0 Å². The SMILES string of the molecule is Cl.NC1(c2noc(-c3cc(-c4cccs4)on3)n2)CCC1. The predicted molar refractivity (Wildman–Crippen MR) is 80.1 cm³/mol. The van der Waals surface area contributed by atoms with E-state index in [0.717, 1.165) is 24.1 Å². The molecule has 4 rings (SSSR count). The van der Waals surface area contributed by atoms with Gasteiger partial charge in [0.25, 0.3) is 5.89 Å². The van der Waals surface area contributed by atoms with Crippen LogP contribution in [-0.4, -0.2) is 15.3 Å². The van der Waals surface area contributed by atoms with Crippen LogP contribution in [0.3, 0.4) is 0 Å². The molecule has 0 atom stereocenters. The Labute approximate surface area is 130 Å². The van der Waals surface area contributed by atoms with Gasteiger partial charge in [-0.25, -0.2) is 0 Å². The van der Waals surface area contributed by atoms with Crippen molar-refractivity contribution in [3.63, 3.8) is 0 Å². The number of halogens is 1. The van der Waals surface area contributed by atoms with E-state index in [1.807, 2.05) is 17.5 Å². The highest BCUT2D eigenvalue weighted by molar-refractivity contribution is 7.13. The van der Waals surface area contributed by atoms with Crippen LogP contribution in [0.4, 0.5) is 0 Å². The highest BCUT2D eigenvalue weighted by Crippen LogP contribution is 2.37. The fraction of sp³-hybridized carbons (Fsp3) is 0.308. The Morgan fingerprint density at radius 1 is 1.24 bits per heavy atom. The van der Waals surface area contributed by atoms with E-state index in [-0.39, 0.29) is 12.4 Å². The van der Waals surface area contributed by atoms with E-state index in [0.29, 0.717) is 23.2 Å². The van der Waals surface area contributed by atoms with Crippen molar-refractivity contribution in [2.24, 2.45) is 5.73 Å². The highest BCUT2D eigenvalue weighted by atomic mass is 35.5. The lowest BCUT2D eigenvalue weighted by Crippen LogP contribution is -2.44. The van der Waals surface area contributed by atoms with Crippen LogP contribution in [-0.2, 0) is 5.54 Å². The Kier molecular flexibility index (Phi) is 3.56. The third-order valence-corrected chi connectivity index (χ3v) is 4.49. The molecule has 3 aromatic heterocycles. The molecule has 0 aromatic carbocycles. The van der Waals surface area contributed by atoms with E-state index in [2.05, 4.69) is 15.3 Å². The van der Waals surface area contributed by atoms with Crippen molar-refractivity contribution in [3.8, 4) is 22.2 Å². The third-order valence-electron chi connectivity index (χ3n) is 3.61. The van der Waals surface area contributed by atoms with Crippen LogP contribution in [0.2, 0.25) is 0 Å². The van der Waals surface area contributed by atoms with Crippen molar-refractivity contribution in [2.45, 2.75) is 24.8 Å². The smallest absolute Gasteiger partial charge is 0.280 e. The molecule has 0 unspecified atom stereocenters. The molecule has 6 nitrogen and oxygen atoms in total. The molecule has 1 fully saturated rings. The van der Waals surface area contributed by atoms with Crippen molar-refractivity contribution in [3.05, 3.63) is 29.4 Å². The first-order chi connectivity index (χ1) is 9.74. The number of rotatable bonds is 3. The molecule has 0 bridgehead atoms. The van der Waals surface area contributed by atoms with E-state index < -0.39 is 5.54 Å². The van der Waals surface area contributed by atoms with Crippen molar-refractivity contribution >= 4 is 23.7 Å². The van der Waals surface area contributed by atoms with Gasteiger partial charge in [0.15, 0.2) is 17.3 Å². The summed E-state index contributed by atoms with van der Waals surface area (Å²) in [7, 11) is 0. The number of thiophene rings is 1. The number of aromatic nitrogens is 3. The topological polar surface area (TPSA) is 91.0 Å². The zero-order chi connectivity index (χ0) is 13.6. The molecule has 1 saturated carbocycles. The first kappa shape index (κ1) is 14.2. The van der Waals surface area contributed by atoms with Crippen LogP contribution in [0.1, 0.15) is 25.1 Å². The molecule has 1 aliphatic carbocycles. The summed E-state index contributed by atoms with van der Waals surface area (Å²) in [5, 5.41) is 9.93. The molecule has 0 spiro atoms. The van der Waals surface area contributed by atoms with E-state index in [9.17, 15) is 0 Å². The first-order valence-electron chi connectivity index (χ1n) is 6.39. The summed E-state index contributed by atoms with van der Waals surface area (Å²) in [6, 6.07) is 5.73. The van der Waals surface area contributed by atoms with Gasteiger partial charge in [0, 0.05) is 6.07 Å². The Morgan fingerprint density at radius 3 is 2.76 bits per heavy atom. The maximum Gasteiger partial charge on any atom is 0.280 e. The molecule has 3 heterocycles. The molecule has 21 heavy (non-hydrogen) atoms. The summed E-state index contributed by atoms with van der Waals surface area (Å²) < 4.78 is 10.5. The van der Waals surface area contributed by atoms with Gasteiger partial charge >= 0.3 is 0 Å². The molecular weight excluding hydrogens is 312 g/mol. The molecule has 2 N–H and O–H groups in total. The van der Waals surface area contributed by atoms with E-state index in [1.54, 1.807) is 17.4 Å². The Bertz CT molecular complexity index is 733. The lowest BCUT2D eigenvalue weighted by molar-refractivity contribution is 0.229. The van der Waals surface area contributed by atoms with E-state index >= 15 is 0 Å². The van der Waals surface area contributed by atoms with Crippen molar-refractivity contribution < 1.29 is 9.05 Å². The fourth-order valence-corrected chi connectivity index (χ4v) is 2.90. The molecule has 3 aromatic rings. The molecule has 0 aliphatic heterocycles. The van der Waals surface area contributed by atoms with Gasteiger partial charge < -0.3 is 14.8 Å². The first-order valence-corrected chi connectivity index (χ1v) is 7.27. The van der Waals surface area contributed by atoms with Crippen LogP contribution in [0, 0.1) is 0 Å². The zero-order valence-corrected chi connectivity index (χ0v) is 12.6. The third kappa shape index (κ3) is 2.37. The molecule has 0 amide bonds. The molecule has 110 valence electrons. The number of hydrogen-bond donors (Lipinski definition) is 1. The second-order valence-electron chi connectivity index (χ2n) is 4.99. The molecule has 0 saturated heterocycles. The lowest BCUT2D eigenvalue weighted by atomic mass is 9.77. The quantitative estimate of drug-likeness (QED) is 0.795. The van der Waals surface area contributed by atoms with Gasteiger partial charge in [-0.3, -0.25) is 0 Å². The molecule has 8 heteroatoms. The predicted octanol–water partition coefficient (Wildman–Crippen LogP) is 3.21. The minimum atomic E-state index is -0.429. The summed E-state index contributed by atoms with van der Waals surface area (Å²) in [5.74, 6) is 1.60. The fourth-order valence-electron chi connectivity index (χ4n) is 2.22. The van der Waals surface area contributed by atoms with E-state index in [4.69, 9.17) is 14.8 Å². The Hall–Kier alpha value is -1.70. The molecular formula is C13H13ClN4O2S. The average molecular weight is 325 g/mol. The highest BCUT2D eigenvalue weighted by Gasteiger charge is 2.39. The Morgan fingerprint density at radius 2 is 2.10 bits per heavy atom. The Balaban J connectivity index is 0.00000132. The zero-order valence-electron chi connectivity index (χ0n) is 11.0. The lowest BCUT2D eigenvalue weighted by Gasteiger charge is -2.34. The molecule has 1 aliphatic rings. The second kappa shape index (κ2) is 5.25. The largest absolute Gasteiger partial charge is 0.355 e. The number of hydrogen-bond acceptors (Lipinski definition) is 7. The van der Waals surface area contributed by atoms with Gasteiger partial charge in [-0.05, 0) is 30.7 Å². The van der Waals surface area contributed by atoms with Crippen molar-refractivity contribution in [1.82, 2.24) is 15.3 Å².